The van der Waals surface area contributed by atoms with Crippen LogP contribution in [-0.2, 0) is 14.4 Å². The summed E-state index contributed by atoms with van der Waals surface area (Å²) in [6, 6.07) is 5.61. The van der Waals surface area contributed by atoms with Crippen molar-refractivity contribution in [2.45, 2.75) is 12.8 Å². The highest BCUT2D eigenvalue weighted by atomic mass is 16.7. The summed E-state index contributed by atoms with van der Waals surface area (Å²) < 4.78 is 0. The molecular weight excluding hydrogens is 400 g/mol. The highest BCUT2D eigenvalue weighted by molar-refractivity contribution is 6.01. The van der Waals surface area contributed by atoms with E-state index in [0.717, 1.165) is 5.69 Å². The third-order valence-corrected chi connectivity index (χ3v) is 4.36. The molecule has 0 aliphatic heterocycles. The molecule has 0 atom stereocenters. The van der Waals surface area contributed by atoms with E-state index in [1.165, 1.54) is 5.92 Å². The van der Waals surface area contributed by atoms with Crippen LogP contribution in [-0.4, -0.2) is 41.4 Å². The zero-order valence-corrected chi connectivity index (χ0v) is 16.9. The fourth-order valence-corrected chi connectivity index (χ4v) is 2.91. The quantitative estimate of drug-likeness (QED) is 0.204. The lowest BCUT2D eigenvalue weighted by Gasteiger charge is -2.23. The van der Waals surface area contributed by atoms with Crippen LogP contribution >= 0.6 is 0 Å². The molecule has 5 radical (unpaired) electrons. The number of nitrogens with zero attached hydrogens (tertiary/aromatic N) is 4. The van der Waals surface area contributed by atoms with Crippen LogP contribution in [0.25, 0.3) is 10.9 Å². The number of aromatic nitrogens is 2. The second kappa shape index (κ2) is 9.92. The molecule has 1 aromatic carbocycles. The first-order valence-corrected chi connectivity index (χ1v) is 9.39. The number of benzene rings is 1. The smallest absolute Gasteiger partial charge is 0.335 e. The molecule has 1 aliphatic rings. The number of anilines is 3. The van der Waals surface area contributed by atoms with E-state index in [0.29, 0.717) is 17.4 Å². The molecule has 0 bridgehead atoms. The molecule has 0 saturated heterocycles. The molecule has 11 heteroatoms. The zero-order chi connectivity index (χ0) is 22.4. The topological polar surface area (TPSA) is 175 Å². The number of fused-ring (bicyclic) bond motifs is 1. The first-order valence-electron chi connectivity index (χ1n) is 9.39. The fraction of sp³-hybridized carbons (Fsp3) is 0.200. The first-order chi connectivity index (χ1) is 14.8. The number of rotatable bonds is 8. The summed E-state index contributed by atoms with van der Waals surface area (Å²) in [6.45, 7) is 0.716. The monoisotopic (exact) mass is 423 g/mol. The van der Waals surface area contributed by atoms with Crippen molar-refractivity contribution in [3.8, 4) is 0 Å². The van der Waals surface area contributed by atoms with Crippen LogP contribution in [0, 0.1) is 31.6 Å². The van der Waals surface area contributed by atoms with E-state index in [1.54, 1.807) is 0 Å². The third kappa shape index (κ3) is 6.17. The lowest BCUT2D eigenvalue weighted by molar-refractivity contribution is -0.144. The van der Waals surface area contributed by atoms with Gasteiger partial charge < -0.3 is 32.3 Å². The van der Waals surface area contributed by atoms with Crippen molar-refractivity contribution < 1.29 is 14.4 Å². The molecule has 1 aliphatic carbocycles. The van der Waals surface area contributed by atoms with Gasteiger partial charge in [-0.1, -0.05) is 0 Å². The van der Waals surface area contributed by atoms with E-state index >= 15 is 0 Å². The van der Waals surface area contributed by atoms with Gasteiger partial charge in [-0.2, -0.15) is 4.98 Å². The lowest BCUT2D eigenvalue weighted by Crippen LogP contribution is -2.23. The summed E-state index contributed by atoms with van der Waals surface area (Å²) in [7, 11) is 1.97. The molecule has 0 unspecified atom stereocenters. The maximum atomic E-state index is 12.3. The Kier molecular flexibility index (Phi) is 7.06. The molecule has 31 heavy (non-hydrogen) atoms. The van der Waals surface area contributed by atoms with E-state index in [1.807, 2.05) is 50.9 Å². The van der Waals surface area contributed by atoms with Crippen molar-refractivity contribution in [2.75, 3.05) is 29.5 Å². The number of oxime groups is 1. The highest BCUT2D eigenvalue weighted by Crippen LogP contribution is 2.29. The molecule has 11 nitrogen and oxygen atoms in total. The summed E-state index contributed by atoms with van der Waals surface area (Å²) in [4.78, 5) is 38.8. The largest absolute Gasteiger partial charge is 0.374 e. The second-order valence-electron chi connectivity index (χ2n) is 6.81. The van der Waals surface area contributed by atoms with Gasteiger partial charge in [0, 0.05) is 37.0 Å². The van der Waals surface area contributed by atoms with Crippen molar-refractivity contribution in [3.63, 3.8) is 0 Å². The molecular formula is C20H23N8O3. The number of nitrogens with one attached hydrogen (secondary N) is 1. The number of hydrogen-bond donors (Lipinski definition) is 4. The Balaban J connectivity index is 1.72. The van der Waals surface area contributed by atoms with E-state index in [9.17, 15) is 9.59 Å². The number of hydrogen-bond acceptors (Lipinski definition) is 8. The van der Waals surface area contributed by atoms with Gasteiger partial charge in [0.25, 0.3) is 0 Å². The highest BCUT2D eigenvalue weighted by Gasteiger charge is 2.19. The van der Waals surface area contributed by atoms with E-state index in [2.05, 4.69) is 30.2 Å². The van der Waals surface area contributed by atoms with Gasteiger partial charge in [-0.3, -0.25) is 4.79 Å². The van der Waals surface area contributed by atoms with Crippen LogP contribution in [0.5, 0.6) is 0 Å². The van der Waals surface area contributed by atoms with Gasteiger partial charge in [-0.15, -0.1) is 0 Å². The van der Waals surface area contributed by atoms with E-state index in [-0.39, 0.29) is 30.6 Å². The van der Waals surface area contributed by atoms with Gasteiger partial charge in [0.2, 0.25) is 17.8 Å². The molecule has 1 aromatic heterocycles. The van der Waals surface area contributed by atoms with Gasteiger partial charge in [-0.25, -0.2) is 9.78 Å². The average molecular weight is 423 g/mol. The summed E-state index contributed by atoms with van der Waals surface area (Å²) in [5.41, 5.74) is 17.4. The zero-order valence-electron chi connectivity index (χ0n) is 16.9. The van der Waals surface area contributed by atoms with Gasteiger partial charge in [-0.05, 0) is 49.0 Å². The average Bonchev–Trinajstić information content (AvgIpc) is 3.23. The van der Waals surface area contributed by atoms with Crippen LogP contribution < -0.4 is 27.4 Å². The summed E-state index contributed by atoms with van der Waals surface area (Å²) >= 11 is 0. The Hall–Kier alpha value is -3.63. The Labute approximate surface area is 180 Å². The van der Waals surface area contributed by atoms with Gasteiger partial charge in [0.1, 0.15) is 5.82 Å². The summed E-state index contributed by atoms with van der Waals surface area (Å²) in [6.07, 6.45) is 7.70. The number of guanidine groups is 1. The molecule has 161 valence electrons. The van der Waals surface area contributed by atoms with Crippen molar-refractivity contribution in [1.29, 1.82) is 0 Å². The number of nitrogens with two attached hydrogens (primary N) is 3. The van der Waals surface area contributed by atoms with Crippen molar-refractivity contribution >= 4 is 46.2 Å². The molecule has 1 fully saturated rings. The lowest BCUT2D eigenvalue weighted by atomic mass is 10.1. The number of carbonyl (C=O) groups excluding carboxylic acids is 2. The second-order valence-corrected chi connectivity index (χ2v) is 6.81. The normalized spacial score (nSPS) is 13.7. The third-order valence-electron chi connectivity index (χ3n) is 4.36. The number of carbonyl (C=O) groups is 2. The molecule has 1 heterocycles. The van der Waals surface area contributed by atoms with Crippen LogP contribution in [0.15, 0.2) is 23.4 Å². The molecule has 2 aromatic rings. The van der Waals surface area contributed by atoms with Gasteiger partial charge in [0.15, 0.2) is 0 Å². The minimum Gasteiger partial charge on any atom is -0.374 e. The van der Waals surface area contributed by atoms with E-state index < -0.39 is 11.9 Å². The van der Waals surface area contributed by atoms with Crippen LogP contribution in [0.2, 0.25) is 0 Å². The van der Waals surface area contributed by atoms with Gasteiger partial charge in [0.05, 0.1) is 11.9 Å². The van der Waals surface area contributed by atoms with Crippen molar-refractivity contribution in [2.24, 2.45) is 16.6 Å². The van der Waals surface area contributed by atoms with Crippen LogP contribution in [0.3, 0.4) is 0 Å². The summed E-state index contributed by atoms with van der Waals surface area (Å²) in [5.74, 6) is -0.123. The maximum absolute atomic E-state index is 12.3. The number of nitrogen functional groups attached to an aromatic ring is 1. The predicted octanol–water partition coefficient (Wildman–Crippen LogP) is 0.504. The Bertz CT molecular complexity index is 984. The van der Waals surface area contributed by atoms with E-state index in [4.69, 9.17) is 17.2 Å². The number of amides is 1. The SMILES string of the molecule is CN(C[C]1[CH][CH][CH][CH]1)c1ccc2nc(N)nc(NC(=O)CCC(=O)ON=C(N)N)c2c1. The predicted molar refractivity (Wildman–Crippen MR) is 117 cm³/mol. The Morgan fingerprint density at radius 1 is 1.16 bits per heavy atom. The minimum absolute atomic E-state index is 0.0212. The van der Waals surface area contributed by atoms with Crippen LogP contribution in [0.4, 0.5) is 17.5 Å². The maximum Gasteiger partial charge on any atom is 0.335 e. The molecule has 0 spiro atoms. The van der Waals surface area contributed by atoms with Crippen molar-refractivity contribution in [3.05, 3.63) is 49.8 Å². The van der Waals surface area contributed by atoms with Crippen LogP contribution in [0.1, 0.15) is 12.8 Å². The molecule has 3 rings (SSSR count). The standard InChI is InChI=1S/C20H23N8O3/c1-28(11-12-4-2-3-5-12)13-6-7-15-14(10-13)18(26-20(23)24-15)25-16(29)8-9-17(30)31-27-19(21)22/h2-7,10H,8-9,11H2,1H3,(H4,21,22,27)(H3,23,24,25,26,29). The van der Waals surface area contributed by atoms with Crippen molar-refractivity contribution in [1.82, 2.24) is 9.97 Å². The molecule has 1 amide bonds. The van der Waals surface area contributed by atoms with Gasteiger partial charge >= 0.3 is 5.97 Å². The minimum atomic E-state index is -0.743. The fourth-order valence-electron chi connectivity index (χ4n) is 2.91. The molecule has 7 N–H and O–H groups in total. The Morgan fingerprint density at radius 2 is 1.90 bits per heavy atom. The Morgan fingerprint density at radius 3 is 2.61 bits per heavy atom. The molecule has 1 saturated carbocycles. The summed E-state index contributed by atoms with van der Waals surface area (Å²) in [5, 5.41) is 6.44. The first kappa shape index (κ1) is 22.1.